The third-order valence-electron chi connectivity index (χ3n) is 4.23. The molecular weight excluding hydrogens is 382 g/mol. The normalized spacial score (nSPS) is 13.6. The van der Waals surface area contributed by atoms with Crippen molar-refractivity contribution >= 4 is 20.0 Å². The standard InChI is InChI=1S/C20H26NO4S2/c1-19(2,3)15-7-11-17(12-8-15)26(22,23)21-27(24,25)18-13-9-16(10-14-18)20(4,5)6/h7-14H,1-6H3/q-1. The third-order valence-corrected chi connectivity index (χ3v) is 7.54. The third kappa shape index (κ3) is 5.18. The van der Waals surface area contributed by atoms with E-state index in [-0.39, 0.29) is 20.6 Å². The molecule has 2 aromatic carbocycles. The molecule has 0 spiro atoms. The first kappa shape index (κ1) is 21.6. The summed E-state index contributed by atoms with van der Waals surface area (Å²) in [5, 5.41) is 0. The van der Waals surface area contributed by atoms with E-state index >= 15 is 0 Å². The van der Waals surface area contributed by atoms with Crippen LogP contribution in [0.1, 0.15) is 52.7 Å². The fourth-order valence-electron chi connectivity index (χ4n) is 2.47. The molecule has 5 nitrogen and oxygen atoms in total. The van der Waals surface area contributed by atoms with E-state index < -0.39 is 20.0 Å². The summed E-state index contributed by atoms with van der Waals surface area (Å²) in [6, 6.07) is 12.2. The van der Waals surface area contributed by atoms with E-state index in [1.165, 1.54) is 24.3 Å². The molecule has 2 aromatic rings. The van der Waals surface area contributed by atoms with Crippen molar-refractivity contribution in [2.45, 2.75) is 62.2 Å². The van der Waals surface area contributed by atoms with E-state index in [9.17, 15) is 16.8 Å². The molecule has 7 heteroatoms. The van der Waals surface area contributed by atoms with Crippen LogP contribution in [0.2, 0.25) is 0 Å². The van der Waals surface area contributed by atoms with Crippen molar-refractivity contribution in [2.24, 2.45) is 0 Å². The van der Waals surface area contributed by atoms with Gasteiger partial charge in [0.15, 0.2) is 0 Å². The molecule has 0 aromatic heterocycles. The van der Waals surface area contributed by atoms with Gasteiger partial charge < -0.3 is 4.13 Å². The van der Waals surface area contributed by atoms with Gasteiger partial charge in [0, 0.05) is 9.79 Å². The predicted molar refractivity (Wildman–Crippen MR) is 108 cm³/mol. The van der Waals surface area contributed by atoms with Crippen molar-refractivity contribution in [1.82, 2.24) is 0 Å². The molecule has 0 amide bonds. The van der Waals surface area contributed by atoms with Gasteiger partial charge in [0.05, 0.1) is 0 Å². The van der Waals surface area contributed by atoms with Gasteiger partial charge in [-0.25, -0.2) is 16.8 Å². The van der Waals surface area contributed by atoms with Crippen LogP contribution in [0.15, 0.2) is 58.3 Å². The summed E-state index contributed by atoms with van der Waals surface area (Å²) in [4.78, 5) is -0.296. The number of sulfonamides is 2. The highest BCUT2D eigenvalue weighted by Crippen LogP contribution is 2.30. The van der Waals surface area contributed by atoms with Gasteiger partial charge in [-0.3, -0.25) is 0 Å². The number of benzene rings is 2. The Balaban J connectivity index is 2.30. The lowest BCUT2D eigenvalue weighted by atomic mass is 9.87. The summed E-state index contributed by atoms with van der Waals surface area (Å²) >= 11 is 0. The van der Waals surface area contributed by atoms with Gasteiger partial charge in [-0.05, 0) is 46.2 Å². The van der Waals surface area contributed by atoms with Gasteiger partial charge in [0.2, 0.25) is 0 Å². The van der Waals surface area contributed by atoms with Crippen LogP contribution in [0.3, 0.4) is 0 Å². The molecule has 0 aliphatic carbocycles. The molecule has 27 heavy (non-hydrogen) atoms. The predicted octanol–water partition coefficient (Wildman–Crippen LogP) is 4.73. The van der Waals surface area contributed by atoms with Crippen LogP contribution >= 0.6 is 0 Å². The molecule has 0 heterocycles. The van der Waals surface area contributed by atoms with Crippen molar-refractivity contribution in [3.63, 3.8) is 0 Å². The second-order valence-corrected chi connectivity index (χ2v) is 12.0. The van der Waals surface area contributed by atoms with Crippen LogP contribution in [0.5, 0.6) is 0 Å². The van der Waals surface area contributed by atoms with Crippen molar-refractivity contribution in [2.75, 3.05) is 0 Å². The van der Waals surface area contributed by atoms with Gasteiger partial charge in [-0.2, -0.15) is 0 Å². The smallest absolute Gasteiger partial charge is 0.112 e. The topological polar surface area (TPSA) is 82.4 Å². The van der Waals surface area contributed by atoms with E-state index in [4.69, 9.17) is 0 Å². The highest BCUT2D eigenvalue weighted by Gasteiger charge is 2.18. The Morgan fingerprint density at radius 1 is 0.556 bits per heavy atom. The van der Waals surface area contributed by atoms with Gasteiger partial charge in [-0.1, -0.05) is 65.8 Å². The van der Waals surface area contributed by atoms with Gasteiger partial charge >= 0.3 is 0 Å². The zero-order chi connectivity index (χ0) is 20.7. The van der Waals surface area contributed by atoms with E-state index in [0.717, 1.165) is 11.1 Å². The Kier molecular flexibility index (Phi) is 5.63. The highest BCUT2D eigenvalue weighted by molar-refractivity contribution is 8.12. The SMILES string of the molecule is CC(C)(C)c1ccc(S(=O)(=O)[N-]S(=O)(=O)c2ccc(C(C)(C)C)cc2)cc1. The molecule has 0 unspecified atom stereocenters. The molecule has 0 bridgehead atoms. The zero-order valence-corrected chi connectivity index (χ0v) is 18.1. The lowest BCUT2D eigenvalue weighted by Gasteiger charge is -2.24. The Bertz CT molecular complexity index is 922. The number of hydrogen-bond acceptors (Lipinski definition) is 4. The molecule has 0 aliphatic rings. The summed E-state index contributed by atoms with van der Waals surface area (Å²) in [7, 11) is -8.66. The number of rotatable bonds is 4. The molecule has 148 valence electrons. The van der Waals surface area contributed by atoms with Gasteiger partial charge in [-0.15, -0.1) is 0 Å². The zero-order valence-electron chi connectivity index (χ0n) is 16.5. The van der Waals surface area contributed by atoms with Crippen LogP contribution in [-0.4, -0.2) is 16.8 Å². The van der Waals surface area contributed by atoms with Gasteiger partial charge in [0.1, 0.15) is 20.0 Å². The maximum absolute atomic E-state index is 12.5. The first-order valence-electron chi connectivity index (χ1n) is 8.58. The van der Waals surface area contributed by atoms with Crippen molar-refractivity contribution in [3.05, 3.63) is 63.8 Å². The highest BCUT2D eigenvalue weighted by atomic mass is 32.3. The maximum Gasteiger partial charge on any atom is 0.112 e. The van der Waals surface area contributed by atoms with E-state index in [1.54, 1.807) is 24.3 Å². The molecule has 0 fully saturated rings. The fraction of sp³-hybridized carbons (Fsp3) is 0.400. The first-order valence-corrected chi connectivity index (χ1v) is 11.5. The molecule has 0 atom stereocenters. The van der Waals surface area contributed by atoms with Crippen LogP contribution in [0.4, 0.5) is 0 Å². The number of nitrogens with zero attached hydrogens (tertiary/aromatic N) is 1. The average molecular weight is 409 g/mol. The second-order valence-electron chi connectivity index (χ2n) is 8.57. The number of hydrogen-bond donors (Lipinski definition) is 0. The average Bonchev–Trinajstić information content (AvgIpc) is 2.52. The lowest BCUT2D eigenvalue weighted by molar-refractivity contribution is 0.585. The summed E-state index contributed by atoms with van der Waals surface area (Å²) < 4.78 is 53.1. The van der Waals surface area contributed by atoms with E-state index in [1.807, 2.05) is 41.5 Å². The summed E-state index contributed by atoms with van der Waals surface area (Å²) in [6.45, 7) is 12.0. The molecule has 0 radical (unpaired) electrons. The minimum Gasteiger partial charge on any atom is -0.428 e. The van der Waals surface area contributed by atoms with Crippen LogP contribution in [0.25, 0.3) is 4.13 Å². The monoisotopic (exact) mass is 408 g/mol. The minimum atomic E-state index is -4.33. The van der Waals surface area contributed by atoms with Crippen molar-refractivity contribution in [3.8, 4) is 0 Å². The first-order chi connectivity index (χ1) is 12.1. The molecule has 0 N–H and O–H groups in total. The van der Waals surface area contributed by atoms with Crippen LogP contribution in [0, 0.1) is 0 Å². The quantitative estimate of drug-likeness (QED) is 0.732. The van der Waals surface area contributed by atoms with E-state index in [0.29, 0.717) is 0 Å². The van der Waals surface area contributed by atoms with E-state index in [2.05, 4.69) is 4.13 Å². The largest absolute Gasteiger partial charge is 0.428 e. The summed E-state index contributed by atoms with van der Waals surface area (Å²) in [5.41, 5.74) is 1.62. The molecule has 0 saturated heterocycles. The Hall–Kier alpha value is -1.70. The minimum absolute atomic E-state index is 0.139. The second kappa shape index (κ2) is 7.04. The summed E-state index contributed by atoms with van der Waals surface area (Å²) in [6.07, 6.45) is 0. The lowest BCUT2D eigenvalue weighted by Crippen LogP contribution is -2.13. The van der Waals surface area contributed by atoms with Crippen molar-refractivity contribution in [1.29, 1.82) is 0 Å². The Labute approximate surface area is 162 Å². The summed E-state index contributed by atoms with van der Waals surface area (Å²) in [5.74, 6) is 0. The molecule has 0 aliphatic heterocycles. The van der Waals surface area contributed by atoms with Crippen LogP contribution in [-0.2, 0) is 30.9 Å². The fourth-order valence-corrected chi connectivity index (χ4v) is 5.15. The van der Waals surface area contributed by atoms with Crippen molar-refractivity contribution < 1.29 is 16.8 Å². The maximum atomic E-state index is 12.5. The Morgan fingerprint density at radius 2 is 0.815 bits per heavy atom. The van der Waals surface area contributed by atoms with Crippen LogP contribution < -0.4 is 0 Å². The molecular formula is C20H26NO4S2-. The molecule has 0 saturated carbocycles. The Morgan fingerprint density at radius 3 is 1.04 bits per heavy atom. The molecule has 2 rings (SSSR count). The van der Waals surface area contributed by atoms with Gasteiger partial charge in [0.25, 0.3) is 0 Å².